The fourth-order valence-electron chi connectivity index (χ4n) is 1.71. The summed E-state index contributed by atoms with van der Waals surface area (Å²) in [4.78, 5) is 9.79. The Kier molecular flexibility index (Phi) is 3.29. The normalized spacial score (nSPS) is 21.8. The Bertz CT molecular complexity index is 361. The SMILES string of the molecule is O[C@H]1CCCN(c2nc(Cl)ncc2Cl)C1. The third kappa shape index (κ3) is 2.51. The Hall–Kier alpha value is -0.580. The van der Waals surface area contributed by atoms with Gasteiger partial charge in [0.1, 0.15) is 5.02 Å². The Morgan fingerprint density at radius 3 is 3.00 bits per heavy atom. The van der Waals surface area contributed by atoms with Gasteiger partial charge >= 0.3 is 0 Å². The highest BCUT2D eigenvalue weighted by atomic mass is 35.5. The van der Waals surface area contributed by atoms with Crippen molar-refractivity contribution in [3.8, 4) is 0 Å². The van der Waals surface area contributed by atoms with Crippen LogP contribution in [0.5, 0.6) is 0 Å². The van der Waals surface area contributed by atoms with Gasteiger partial charge in [-0.3, -0.25) is 0 Å². The second-order valence-electron chi connectivity index (χ2n) is 3.55. The molecule has 6 heteroatoms. The van der Waals surface area contributed by atoms with Gasteiger partial charge in [-0.15, -0.1) is 0 Å². The Labute approximate surface area is 97.9 Å². The van der Waals surface area contributed by atoms with Gasteiger partial charge in [0.25, 0.3) is 0 Å². The van der Waals surface area contributed by atoms with E-state index in [-0.39, 0.29) is 11.4 Å². The minimum atomic E-state index is -0.316. The number of aliphatic hydroxyl groups excluding tert-OH is 1. The van der Waals surface area contributed by atoms with Crippen LogP contribution in [0.1, 0.15) is 12.8 Å². The lowest BCUT2D eigenvalue weighted by Gasteiger charge is -2.31. The summed E-state index contributed by atoms with van der Waals surface area (Å²) >= 11 is 11.7. The summed E-state index contributed by atoms with van der Waals surface area (Å²) in [6.07, 6.45) is 2.92. The number of anilines is 1. The fraction of sp³-hybridized carbons (Fsp3) is 0.556. The van der Waals surface area contributed by atoms with E-state index in [0.717, 1.165) is 19.4 Å². The van der Waals surface area contributed by atoms with Crippen molar-refractivity contribution in [3.63, 3.8) is 0 Å². The number of piperidine rings is 1. The molecule has 1 aromatic heterocycles. The summed E-state index contributed by atoms with van der Waals surface area (Å²) in [5, 5.41) is 10.2. The Morgan fingerprint density at radius 1 is 1.47 bits per heavy atom. The van der Waals surface area contributed by atoms with Gasteiger partial charge in [-0.2, -0.15) is 4.98 Å². The molecule has 1 aromatic rings. The maximum atomic E-state index is 9.54. The molecule has 1 atom stereocenters. The van der Waals surface area contributed by atoms with Gasteiger partial charge in [-0.1, -0.05) is 11.6 Å². The number of hydrogen-bond acceptors (Lipinski definition) is 4. The van der Waals surface area contributed by atoms with Crippen LogP contribution in [-0.4, -0.2) is 34.3 Å². The highest BCUT2D eigenvalue weighted by Gasteiger charge is 2.21. The lowest BCUT2D eigenvalue weighted by Crippen LogP contribution is -2.38. The van der Waals surface area contributed by atoms with Crippen molar-refractivity contribution in [2.45, 2.75) is 18.9 Å². The van der Waals surface area contributed by atoms with Gasteiger partial charge in [0.05, 0.1) is 12.3 Å². The van der Waals surface area contributed by atoms with Gasteiger partial charge in [-0.05, 0) is 24.4 Å². The third-order valence-corrected chi connectivity index (χ3v) is 2.84. The lowest BCUT2D eigenvalue weighted by atomic mass is 10.1. The first-order valence-corrected chi connectivity index (χ1v) is 5.53. The quantitative estimate of drug-likeness (QED) is 0.769. The number of rotatable bonds is 1. The van der Waals surface area contributed by atoms with E-state index in [1.165, 1.54) is 6.20 Å². The molecule has 0 aliphatic carbocycles. The zero-order valence-corrected chi connectivity index (χ0v) is 9.54. The summed E-state index contributed by atoms with van der Waals surface area (Å²) in [6.45, 7) is 1.39. The molecular weight excluding hydrogens is 237 g/mol. The maximum absolute atomic E-state index is 9.54. The molecule has 15 heavy (non-hydrogen) atoms. The first-order chi connectivity index (χ1) is 7.16. The van der Waals surface area contributed by atoms with Crippen LogP contribution in [-0.2, 0) is 0 Å². The standard InChI is InChI=1S/C9H11Cl2N3O/c10-7-4-12-9(11)13-8(7)14-3-1-2-6(15)5-14/h4,6,15H,1-3,5H2/t6-/m0/s1. The fourth-order valence-corrected chi connectivity index (χ4v) is 2.05. The number of aliphatic hydroxyl groups is 1. The largest absolute Gasteiger partial charge is 0.391 e. The van der Waals surface area contributed by atoms with E-state index in [9.17, 15) is 5.11 Å². The third-order valence-electron chi connectivity index (χ3n) is 2.39. The number of nitrogens with zero attached hydrogens (tertiary/aromatic N) is 3. The van der Waals surface area contributed by atoms with Gasteiger partial charge in [0.2, 0.25) is 5.28 Å². The van der Waals surface area contributed by atoms with Crippen LogP contribution in [0.4, 0.5) is 5.82 Å². The van der Waals surface area contributed by atoms with E-state index in [4.69, 9.17) is 23.2 Å². The van der Waals surface area contributed by atoms with E-state index in [2.05, 4.69) is 9.97 Å². The number of aromatic nitrogens is 2. The first kappa shape index (κ1) is 10.9. The van der Waals surface area contributed by atoms with Crippen LogP contribution in [0, 0.1) is 0 Å². The summed E-state index contributed by atoms with van der Waals surface area (Å²) in [5.41, 5.74) is 0. The monoisotopic (exact) mass is 247 g/mol. The summed E-state index contributed by atoms with van der Waals surface area (Å²) in [7, 11) is 0. The second-order valence-corrected chi connectivity index (χ2v) is 4.30. The molecule has 0 aromatic carbocycles. The van der Waals surface area contributed by atoms with Crippen molar-refractivity contribution in [2.75, 3.05) is 18.0 Å². The van der Waals surface area contributed by atoms with Gasteiger partial charge in [-0.25, -0.2) is 4.98 Å². The Balaban J connectivity index is 2.24. The average molecular weight is 248 g/mol. The van der Waals surface area contributed by atoms with Crippen LogP contribution < -0.4 is 4.90 Å². The predicted octanol–water partition coefficient (Wildman–Crippen LogP) is 1.74. The van der Waals surface area contributed by atoms with Crippen molar-refractivity contribution in [1.82, 2.24) is 9.97 Å². The van der Waals surface area contributed by atoms with E-state index < -0.39 is 0 Å². The van der Waals surface area contributed by atoms with Crippen LogP contribution in [0.3, 0.4) is 0 Å². The minimum Gasteiger partial charge on any atom is -0.391 e. The van der Waals surface area contributed by atoms with Crippen LogP contribution >= 0.6 is 23.2 Å². The molecule has 0 bridgehead atoms. The molecule has 1 N–H and O–H groups in total. The van der Waals surface area contributed by atoms with Crippen molar-refractivity contribution in [1.29, 1.82) is 0 Å². The van der Waals surface area contributed by atoms with E-state index >= 15 is 0 Å². The zero-order valence-electron chi connectivity index (χ0n) is 8.03. The molecule has 0 unspecified atom stereocenters. The number of halogens is 2. The molecule has 2 heterocycles. The van der Waals surface area contributed by atoms with E-state index in [1.807, 2.05) is 4.90 Å². The van der Waals surface area contributed by atoms with Gasteiger partial charge in [0.15, 0.2) is 5.82 Å². The molecule has 82 valence electrons. The minimum absolute atomic E-state index is 0.175. The molecule has 2 rings (SSSR count). The maximum Gasteiger partial charge on any atom is 0.224 e. The van der Waals surface area contributed by atoms with Crippen LogP contribution in [0.15, 0.2) is 6.20 Å². The van der Waals surface area contributed by atoms with E-state index in [0.29, 0.717) is 17.4 Å². The average Bonchev–Trinajstić information content (AvgIpc) is 2.22. The second kappa shape index (κ2) is 4.51. The highest BCUT2D eigenvalue weighted by molar-refractivity contribution is 6.33. The predicted molar refractivity (Wildman–Crippen MR) is 59.5 cm³/mol. The lowest BCUT2D eigenvalue weighted by molar-refractivity contribution is 0.154. The molecule has 1 aliphatic rings. The molecule has 0 radical (unpaired) electrons. The number of hydrogen-bond donors (Lipinski definition) is 1. The van der Waals surface area contributed by atoms with Crippen LogP contribution in [0.2, 0.25) is 10.3 Å². The van der Waals surface area contributed by atoms with Crippen molar-refractivity contribution in [3.05, 3.63) is 16.5 Å². The highest BCUT2D eigenvalue weighted by Crippen LogP contribution is 2.26. The molecule has 0 saturated carbocycles. The van der Waals surface area contributed by atoms with Crippen molar-refractivity contribution >= 4 is 29.0 Å². The van der Waals surface area contributed by atoms with E-state index in [1.54, 1.807) is 0 Å². The van der Waals surface area contributed by atoms with Gasteiger partial charge < -0.3 is 10.0 Å². The topological polar surface area (TPSA) is 49.2 Å². The zero-order chi connectivity index (χ0) is 10.8. The summed E-state index contributed by atoms with van der Waals surface area (Å²) in [6, 6.07) is 0. The summed E-state index contributed by atoms with van der Waals surface area (Å²) in [5.74, 6) is 0.607. The molecular formula is C9H11Cl2N3O. The molecule has 0 spiro atoms. The molecule has 4 nitrogen and oxygen atoms in total. The van der Waals surface area contributed by atoms with Crippen molar-refractivity contribution in [2.24, 2.45) is 0 Å². The Morgan fingerprint density at radius 2 is 2.27 bits per heavy atom. The number of β-amino-alcohol motifs (C(OH)–C–C–N with tert-alkyl or cyclic N) is 1. The smallest absolute Gasteiger partial charge is 0.224 e. The molecule has 0 amide bonds. The molecule has 1 saturated heterocycles. The van der Waals surface area contributed by atoms with Crippen LogP contribution in [0.25, 0.3) is 0 Å². The van der Waals surface area contributed by atoms with Gasteiger partial charge in [0, 0.05) is 13.1 Å². The first-order valence-electron chi connectivity index (χ1n) is 4.78. The molecule has 1 aliphatic heterocycles. The molecule has 1 fully saturated rings. The van der Waals surface area contributed by atoms with Crippen molar-refractivity contribution < 1.29 is 5.11 Å². The summed E-state index contributed by atoms with van der Waals surface area (Å²) < 4.78 is 0.